The standard InChI is InChI=1S/C21H15ClN4O4S/c22-15-10-4-5-11-16(15)23-24-20-19(14-8-2-1-3-9-14)25-26(21(20)27)17-12-6-7-13-18(17)31(28,29)30/h1-13,20H,(H,28,29,30). The molecule has 1 aliphatic rings. The molecule has 4 rings (SSSR count). The Kier molecular flexibility index (Phi) is 5.64. The van der Waals surface area contributed by atoms with Gasteiger partial charge in [-0.25, -0.2) is 0 Å². The van der Waals surface area contributed by atoms with Crippen LogP contribution in [0.3, 0.4) is 0 Å². The molecule has 156 valence electrons. The molecule has 1 N–H and O–H groups in total. The van der Waals surface area contributed by atoms with Crippen LogP contribution in [0.5, 0.6) is 0 Å². The van der Waals surface area contributed by atoms with Crippen molar-refractivity contribution in [1.82, 2.24) is 0 Å². The number of carbonyl (C=O) groups excluding carboxylic acids is 1. The van der Waals surface area contributed by atoms with E-state index in [-0.39, 0.29) is 11.4 Å². The van der Waals surface area contributed by atoms with Crippen LogP contribution in [-0.4, -0.2) is 30.6 Å². The predicted octanol–water partition coefficient (Wildman–Crippen LogP) is 4.49. The minimum absolute atomic E-state index is 0.0844. The molecule has 0 saturated carbocycles. The molecule has 1 heterocycles. The number of azo groups is 1. The molecule has 1 amide bonds. The maximum absolute atomic E-state index is 13.2. The second-order valence-corrected chi connectivity index (χ2v) is 8.31. The Bertz CT molecular complexity index is 1310. The zero-order valence-corrected chi connectivity index (χ0v) is 17.4. The van der Waals surface area contributed by atoms with E-state index in [4.69, 9.17) is 11.6 Å². The first-order chi connectivity index (χ1) is 14.9. The predicted molar refractivity (Wildman–Crippen MR) is 116 cm³/mol. The number of anilines is 1. The van der Waals surface area contributed by atoms with Crippen LogP contribution in [0.1, 0.15) is 5.56 Å². The maximum atomic E-state index is 13.2. The average Bonchev–Trinajstić information content (AvgIpc) is 3.09. The Labute approximate surface area is 183 Å². The number of benzene rings is 3. The third kappa shape index (κ3) is 4.24. The van der Waals surface area contributed by atoms with Crippen molar-refractivity contribution in [3.63, 3.8) is 0 Å². The lowest BCUT2D eigenvalue weighted by atomic mass is 10.0. The summed E-state index contributed by atoms with van der Waals surface area (Å²) >= 11 is 6.12. The van der Waals surface area contributed by atoms with Crippen LogP contribution in [0, 0.1) is 0 Å². The van der Waals surface area contributed by atoms with Crippen molar-refractivity contribution in [1.29, 1.82) is 0 Å². The van der Waals surface area contributed by atoms with E-state index >= 15 is 0 Å². The van der Waals surface area contributed by atoms with Crippen LogP contribution >= 0.6 is 11.6 Å². The molecule has 1 unspecified atom stereocenters. The molecule has 1 aliphatic heterocycles. The molecule has 0 radical (unpaired) electrons. The van der Waals surface area contributed by atoms with Crippen LogP contribution in [0.2, 0.25) is 5.02 Å². The van der Waals surface area contributed by atoms with E-state index in [1.54, 1.807) is 48.5 Å². The molecule has 31 heavy (non-hydrogen) atoms. The summed E-state index contributed by atoms with van der Waals surface area (Å²) in [6.07, 6.45) is 0. The number of hydrogen-bond donors (Lipinski definition) is 1. The van der Waals surface area contributed by atoms with Gasteiger partial charge in [0.05, 0.1) is 10.7 Å². The first-order valence-corrected chi connectivity index (χ1v) is 10.9. The van der Waals surface area contributed by atoms with E-state index in [0.29, 0.717) is 16.3 Å². The number of para-hydroxylation sites is 1. The van der Waals surface area contributed by atoms with Gasteiger partial charge in [0.2, 0.25) is 0 Å². The number of hydrazone groups is 1. The minimum atomic E-state index is -4.59. The zero-order valence-electron chi connectivity index (χ0n) is 15.8. The van der Waals surface area contributed by atoms with E-state index in [1.165, 1.54) is 24.3 Å². The monoisotopic (exact) mass is 454 g/mol. The lowest BCUT2D eigenvalue weighted by molar-refractivity contribution is -0.117. The van der Waals surface area contributed by atoms with Gasteiger partial charge in [0, 0.05) is 5.56 Å². The third-order valence-corrected chi connectivity index (χ3v) is 5.70. The molecule has 0 bridgehead atoms. The van der Waals surface area contributed by atoms with Gasteiger partial charge in [-0.3, -0.25) is 9.35 Å². The Balaban J connectivity index is 1.81. The van der Waals surface area contributed by atoms with Crippen LogP contribution in [-0.2, 0) is 14.9 Å². The molecule has 1 atom stereocenters. The second-order valence-electron chi connectivity index (χ2n) is 6.51. The lowest BCUT2D eigenvalue weighted by Crippen LogP contribution is -2.31. The minimum Gasteiger partial charge on any atom is -0.282 e. The Morgan fingerprint density at radius 3 is 2.29 bits per heavy atom. The van der Waals surface area contributed by atoms with Crippen molar-refractivity contribution in [3.8, 4) is 0 Å². The van der Waals surface area contributed by atoms with Crippen molar-refractivity contribution in [2.45, 2.75) is 10.9 Å². The van der Waals surface area contributed by atoms with Gasteiger partial charge in [0.25, 0.3) is 16.0 Å². The number of halogens is 1. The van der Waals surface area contributed by atoms with E-state index in [0.717, 1.165) is 5.01 Å². The van der Waals surface area contributed by atoms with E-state index < -0.39 is 27.0 Å². The van der Waals surface area contributed by atoms with Crippen LogP contribution in [0.25, 0.3) is 0 Å². The van der Waals surface area contributed by atoms with Gasteiger partial charge >= 0.3 is 0 Å². The number of hydrogen-bond acceptors (Lipinski definition) is 6. The fourth-order valence-corrected chi connectivity index (χ4v) is 3.89. The third-order valence-electron chi connectivity index (χ3n) is 4.48. The maximum Gasteiger partial charge on any atom is 0.296 e. The average molecular weight is 455 g/mol. The molecular formula is C21H15ClN4O4S. The van der Waals surface area contributed by atoms with Crippen LogP contribution in [0.4, 0.5) is 11.4 Å². The van der Waals surface area contributed by atoms with E-state index in [1.807, 2.05) is 6.07 Å². The summed E-state index contributed by atoms with van der Waals surface area (Å²) in [5.41, 5.74) is 1.19. The van der Waals surface area contributed by atoms with Gasteiger partial charge in [-0.15, -0.1) is 0 Å². The number of amides is 1. The summed E-state index contributed by atoms with van der Waals surface area (Å²) in [7, 11) is -4.59. The SMILES string of the molecule is O=C1C(N=Nc2ccccc2Cl)C(c2ccccc2)=NN1c1ccccc1S(=O)(=O)O. The Morgan fingerprint density at radius 1 is 0.935 bits per heavy atom. The summed E-state index contributed by atoms with van der Waals surface area (Å²) in [5, 5.41) is 13.9. The highest BCUT2D eigenvalue weighted by atomic mass is 35.5. The summed E-state index contributed by atoms with van der Waals surface area (Å²) in [6.45, 7) is 0. The molecule has 0 aliphatic carbocycles. The smallest absolute Gasteiger partial charge is 0.282 e. The summed E-state index contributed by atoms with van der Waals surface area (Å²) in [6, 6.07) is 20.0. The highest BCUT2D eigenvalue weighted by Gasteiger charge is 2.39. The van der Waals surface area contributed by atoms with Gasteiger partial charge in [0.15, 0.2) is 6.04 Å². The van der Waals surface area contributed by atoms with Crippen LogP contribution < -0.4 is 5.01 Å². The zero-order chi connectivity index (χ0) is 22.0. The summed E-state index contributed by atoms with van der Waals surface area (Å²) < 4.78 is 33.2. The molecular weight excluding hydrogens is 440 g/mol. The lowest BCUT2D eigenvalue weighted by Gasteiger charge is -2.15. The molecule has 3 aromatic rings. The van der Waals surface area contributed by atoms with Gasteiger partial charge in [-0.05, 0) is 24.3 Å². The molecule has 8 nitrogen and oxygen atoms in total. The second kappa shape index (κ2) is 8.38. The van der Waals surface area contributed by atoms with Gasteiger partial charge in [0.1, 0.15) is 16.3 Å². The molecule has 10 heteroatoms. The van der Waals surface area contributed by atoms with Crippen molar-refractivity contribution < 1.29 is 17.8 Å². The first-order valence-electron chi connectivity index (χ1n) is 9.06. The highest BCUT2D eigenvalue weighted by Crippen LogP contribution is 2.31. The molecule has 0 fully saturated rings. The first kappa shape index (κ1) is 20.9. The van der Waals surface area contributed by atoms with Gasteiger partial charge in [-0.2, -0.15) is 28.8 Å². The van der Waals surface area contributed by atoms with Crippen LogP contribution in [0.15, 0.2) is 99.1 Å². The fourth-order valence-electron chi connectivity index (χ4n) is 3.05. The summed E-state index contributed by atoms with van der Waals surface area (Å²) in [5.74, 6) is -0.620. The molecule has 0 spiro atoms. The normalized spacial score (nSPS) is 16.7. The Morgan fingerprint density at radius 2 is 1.58 bits per heavy atom. The molecule has 0 aromatic heterocycles. The number of rotatable bonds is 5. The molecule has 3 aromatic carbocycles. The number of nitrogens with zero attached hydrogens (tertiary/aromatic N) is 4. The van der Waals surface area contributed by atoms with Gasteiger partial charge in [-0.1, -0.05) is 66.2 Å². The van der Waals surface area contributed by atoms with Crippen molar-refractivity contribution in [2.75, 3.05) is 5.01 Å². The quantitative estimate of drug-likeness (QED) is 0.452. The Hall–Kier alpha value is -3.40. The van der Waals surface area contributed by atoms with E-state index in [2.05, 4.69) is 15.3 Å². The van der Waals surface area contributed by atoms with E-state index in [9.17, 15) is 17.8 Å². The largest absolute Gasteiger partial charge is 0.296 e. The molecule has 0 saturated heterocycles. The highest BCUT2D eigenvalue weighted by molar-refractivity contribution is 7.86. The fraction of sp³-hybridized carbons (Fsp3) is 0.0476. The topological polar surface area (TPSA) is 112 Å². The van der Waals surface area contributed by atoms with Crippen molar-refractivity contribution in [2.24, 2.45) is 15.3 Å². The number of carbonyl (C=O) groups is 1. The van der Waals surface area contributed by atoms with Gasteiger partial charge < -0.3 is 0 Å². The summed E-state index contributed by atoms with van der Waals surface area (Å²) in [4.78, 5) is 12.8. The van der Waals surface area contributed by atoms with Crippen molar-refractivity contribution in [3.05, 3.63) is 89.4 Å². The van der Waals surface area contributed by atoms with Crippen molar-refractivity contribution >= 4 is 44.7 Å².